The first kappa shape index (κ1) is 21.6. The zero-order valence-corrected chi connectivity index (χ0v) is 15.0. The number of carbonyl (C=O) groups excluding carboxylic acids is 3. The summed E-state index contributed by atoms with van der Waals surface area (Å²) in [6.07, 6.45) is 3.75. The van der Waals surface area contributed by atoms with Crippen LogP contribution in [0.3, 0.4) is 0 Å². The first-order chi connectivity index (χ1) is 10.7. The third kappa shape index (κ3) is 9.33. The monoisotopic (exact) mass is 327 g/mol. The summed E-state index contributed by atoms with van der Waals surface area (Å²) in [5, 5.41) is 5.51. The standard InChI is InChI=1S/C17H33N3O3/c1-5-15(22)19-11-8-7-9-13(18)16(23)20-12-10-14(21)17(3,4)6-2/h13H,5-12,18H2,1-4H3,(H,19,22)(H,20,23)/t13-/m0/s1. The predicted octanol–water partition coefficient (Wildman–Crippen LogP) is 1.52. The minimum atomic E-state index is -0.564. The van der Waals surface area contributed by atoms with E-state index >= 15 is 0 Å². The van der Waals surface area contributed by atoms with E-state index in [1.165, 1.54) is 0 Å². The molecule has 0 radical (unpaired) electrons. The number of Topliss-reactive ketones (excluding diaryl/α,β-unsaturated/α-hetero) is 1. The summed E-state index contributed by atoms with van der Waals surface area (Å²) in [6, 6.07) is -0.564. The first-order valence-corrected chi connectivity index (χ1v) is 8.57. The molecule has 23 heavy (non-hydrogen) atoms. The second-order valence-electron chi connectivity index (χ2n) is 6.51. The van der Waals surface area contributed by atoms with Crippen molar-refractivity contribution in [3.8, 4) is 0 Å². The van der Waals surface area contributed by atoms with E-state index in [1.807, 2.05) is 27.7 Å². The maximum Gasteiger partial charge on any atom is 0.236 e. The highest BCUT2D eigenvalue weighted by molar-refractivity contribution is 5.85. The Labute approximate surface area is 140 Å². The maximum absolute atomic E-state index is 12.0. The van der Waals surface area contributed by atoms with Crippen LogP contribution in [0.2, 0.25) is 0 Å². The van der Waals surface area contributed by atoms with E-state index in [1.54, 1.807) is 0 Å². The molecule has 0 saturated carbocycles. The molecule has 0 heterocycles. The van der Waals surface area contributed by atoms with Gasteiger partial charge in [-0.15, -0.1) is 0 Å². The molecule has 1 atom stereocenters. The molecule has 0 aliphatic heterocycles. The zero-order chi connectivity index (χ0) is 17.9. The fourth-order valence-electron chi connectivity index (χ4n) is 1.94. The van der Waals surface area contributed by atoms with Crippen molar-refractivity contribution >= 4 is 17.6 Å². The Morgan fingerprint density at radius 3 is 2.26 bits per heavy atom. The second-order valence-corrected chi connectivity index (χ2v) is 6.51. The van der Waals surface area contributed by atoms with Crippen LogP contribution in [0, 0.1) is 5.41 Å². The number of ketones is 1. The summed E-state index contributed by atoms with van der Waals surface area (Å²) in [5.41, 5.74) is 5.49. The van der Waals surface area contributed by atoms with E-state index in [-0.39, 0.29) is 23.0 Å². The van der Waals surface area contributed by atoms with Crippen molar-refractivity contribution < 1.29 is 14.4 Å². The lowest BCUT2D eigenvalue weighted by Crippen LogP contribution is -2.42. The number of nitrogens with two attached hydrogens (primary N) is 1. The second kappa shape index (κ2) is 11.2. The molecule has 6 nitrogen and oxygen atoms in total. The van der Waals surface area contributed by atoms with Gasteiger partial charge in [-0.3, -0.25) is 14.4 Å². The van der Waals surface area contributed by atoms with Gasteiger partial charge in [-0.1, -0.05) is 27.7 Å². The van der Waals surface area contributed by atoms with E-state index < -0.39 is 6.04 Å². The molecule has 0 aromatic rings. The molecule has 0 fully saturated rings. The van der Waals surface area contributed by atoms with Crippen molar-refractivity contribution in [1.29, 1.82) is 0 Å². The molecule has 0 aliphatic rings. The molecule has 6 heteroatoms. The number of nitrogens with one attached hydrogen (secondary N) is 2. The Kier molecular flexibility index (Phi) is 10.5. The molecule has 0 saturated heterocycles. The van der Waals surface area contributed by atoms with Crippen LogP contribution in [0.1, 0.15) is 66.2 Å². The summed E-state index contributed by atoms with van der Waals surface area (Å²) in [4.78, 5) is 34.9. The van der Waals surface area contributed by atoms with Gasteiger partial charge in [0, 0.05) is 31.3 Å². The average Bonchev–Trinajstić information content (AvgIpc) is 2.53. The topological polar surface area (TPSA) is 101 Å². The van der Waals surface area contributed by atoms with Crippen LogP contribution in [0.5, 0.6) is 0 Å². The summed E-state index contributed by atoms with van der Waals surface area (Å²) in [5.74, 6) is -0.0306. The Morgan fingerprint density at radius 1 is 1.04 bits per heavy atom. The van der Waals surface area contributed by atoms with Crippen LogP contribution in [0.15, 0.2) is 0 Å². The molecule has 4 N–H and O–H groups in total. The van der Waals surface area contributed by atoms with Gasteiger partial charge in [0.25, 0.3) is 0 Å². The molecule has 0 spiro atoms. The third-order valence-electron chi connectivity index (χ3n) is 4.21. The van der Waals surface area contributed by atoms with Gasteiger partial charge in [0.15, 0.2) is 0 Å². The van der Waals surface area contributed by atoms with Crippen LogP contribution in [-0.4, -0.2) is 36.7 Å². The highest BCUT2D eigenvalue weighted by Gasteiger charge is 2.24. The number of hydrogen-bond donors (Lipinski definition) is 3. The Morgan fingerprint density at radius 2 is 1.70 bits per heavy atom. The van der Waals surface area contributed by atoms with E-state index in [0.717, 1.165) is 19.3 Å². The average molecular weight is 327 g/mol. The smallest absolute Gasteiger partial charge is 0.236 e. The van der Waals surface area contributed by atoms with Crippen molar-refractivity contribution in [2.24, 2.45) is 11.1 Å². The molecule has 0 aromatic heterocycles. The SMILES string of the molecule is CCC(=O)NCCCC[C@H](N)C(=O)NCCC(=O)C(C)(C)CC. The Balaban J connectivity index is 3.82. The van der Waals surface area contributed by atoms with Gasteiger partial charge in [0.05, 0.1) is 6.04 Å². The van der Waals surface area contributed by atoms with Crippen molar-refractivity contribution in [3.05, 3.63) is 0 Å². The molecular formula is C17H33N3O3. The van der Waals surface area contributed by atoms with Crippen molar-refractivity contribution in [2.75, 3.05) is 13.1 Å². The van der Waals surface area contributed by atoms with Crippen molar-refractivity contribution in [2.45, 2.75) is 72.3 Å². The van der Waals surface area contributed by atoms with E-state index in [9.17, 15) is 14.4 Å². The lowest BCUT2D eigenvalue weighted by atomic mass is 9.84. The summed E-state index contributed by atoms with van der Waals surface area (Å²) in [6.45, 7) is 8.57. The number of rotatable bonds is 12. The van der Waals surface area contributed by atoms with E-state index in [2.05, 4.69) is 10.6 Å². The minimum Gasteiger partial charge on any atom is -0.356 e. The molecule has 0 bridgehead atoms. The number of carbonyl (C=O) groups is 3. The summed E-state index contributed by atoms with van der Waals surface area (Å²) >= 11 is 0. The minimum absolute atomic E-state index is 0.0340. The van der Waals surface area contributed by atoms with Crippen LogP contribution < -0.4 is 16.4 Å². The molecule has 0 aliphatic carbocycles. The fraction of sp³-hybridized carbons (Fsp3) is 0.824. The quantitative estimate of drug-likeness (QED) is 0.473. The molecule has 0 unspecified atom stereocenters. The van der Waals surface area contributed by atoms with Crippen molar-refractivity contribution in [1.82, 2.24) is 10.6 Å². The largest absolute Gasteiger partial charge is 0.356 e. The van der Waals surface area contributed by atoms with E-state index in [0.29, 0.717) is 32.4 Å². The normalized spacial score (nSPS) is 12.6. The van der Waals surface area contributed by atoms with Crippen LogP contribution in [0.25, 0.3) is 0 Å². The molecule has 0 rings (SSSR count). The van der Waals surface area contributed by atoms with Gasteiger partial charge in [-0.25, -0.2) is 0 Å². The predicted molar refractivity (Wildman–Crippen MR) is 91.8 cm³/mol. The zero-order valence-electron chi connectivity index (χ0n) is 15.0. The number of hydrogen-bond acceptors (Lipinski definition) is 4. The lowest BCUT2D eigenvalue weighted by Gasteiger charge is -2.21. The number of unbranched alkanes of at least 4 members (excludes halogenated alkanes) is 1. The fourth-order valence-corrected chi connectivity index (χ4v) is 1.94. The third-order valence-corrected chi connectivity index (χ3v) is 4.21. The Bertz CT molecular complexity index is 395. The highest BCUT2D eigenvalue weighted by Crippen LogP contribution is 2.22. The van der Waals surface area contributed by atoms with Gasteiger partial charge in [-0.2, -0.15) is 0 Å². The highest BCUT2D eigenvalue weighted by atomic mass is 16.2. The maximum atomic E-state index is 12.0. The molecular weight excluding hydrogens is 294 g/mol. The van der Waals surface area contributed by atoms with Gasteiger partial charge >= 0.3 is 0 Å². The molecule has 2 amide bonds. The first-order valence-electron chi connectivity index (χ1n) is 8.57. The summed E-state index contributed by atoms with van der Waals surface area (Å²) < 4.78 is 0. The Hall–Kier alpha value is -1.43. The van der Waals surface area contributed by atoms with Crippen LogP contribution >= 0.6 is 0 Å². The van der Waals surface area contributed by atoms with Crippen LogP contribution in [0.4, 0.5) is 0 Å². The van der Waals surface area contributed by atoms with E-state index in [4.69, 9.17) is 5.73 Å². The van der Waals surface area contributed by atoms with Gasteiger partial charge in [0.1, 0.15) is 5.78 Å². The molecule has 134 valence electrons. The van der Waals surface area contributed by atoms with Gasteiger partial charge < -0.3 is 16.4 Å². The lowest BCUT2D eigenvalue weighted by molar-refractivity contribution is -0.127. The van der Waals surface area contributed by atoms with Gasteiger partial charge in [-0.05, 0) is 25.7 Å². The number of amides is 2. The summed E-state index contributed by atoms with van der Waals surface area (Å²) in [7, 11) is 0. The van der Waals surface area contributed by atoms with Gasteiger partial charge in [0.2, 0.25) is 11.8 Å². The molecule has 0 aromatic carbocycles. The van der Waals surface area contributed by atoms with Crippen LogP contribution in [-0.2, 0) is 14.4 Å². The van der Waals surface area contributed by atoms with Crippen molar-refractivity contribution in [3.63, 3.8) is 0 Å².